The van der Waals surface area contributed by atoms with Crippen molar-refractivity contribution in [2.24, 2.45) is 5.73 Å². The van der Waals surface area contributed by atoms with Crippen molar-refractivity contribution in [3.63, 3.8) is 0 Å². The summed E-state index contributed by atoms with van der Waals surface area (Å²) in [7, 11) is 4.20. The molecule has 21 heavy (non-hydrogen) atoms. The molecule has 0 amide bonds. The van der Waals surface area contributed by atoms with Gasteiger partial charge >= 0.3 is 0 Å². The standard InChI is InChI=1S/C16H27N3S2/c1-6-19(12(3)11-18(4)5)13-9-8-10-14(21-7-2)15(13)16(17)20/h8-10,12H,6-7,11H2,1-5H3,(H2,17,20). The Kier molecular flexibility index (Phi) is 7.49. The van der Waals surface area contributed by atoms with Crippen molar-refractivity contribution in [3.8, 4) is 0 Å². The Balaban J connectivity index is 3.25. The summed E-state index contributed by atoms with van der Waals surface area (Å²) in [5.74, 6) is 1.01. The van der Waals surface area contributed by atoms with Crippen LogP contribution in [0.5, 0.6) is 0 Å². The summed E-state index contributed by atoms with van der Waals surface area (Å²) in [6.45, 7) is 8.50. The van der Waals surface area contributed by atoms with E-state index in [4.69, 9.17) is 18.0 Å². The van der Waals surface area contributed by atoms with Gasteiger partial charge in [-0.1, -0.05) is 25.2 Å². The van der Waals surface area contributed by atoms with E-state index in [1.807, 2.05) is 0 Å². The maximum Gasteiger partial charge on any atom is 0.107 e. The summed E-state index contributed by atoms with van der Waals surface area (Å²) in [5.41, 5.74) is 8.19. The number of nitrogens with zero attached hydrogens (tertiary/aromatic N) is 2. The van der Waals surface area contributed by atoms with Crippen molar-refractivity contribution in [3.05, 3.63) is 23.8 Å². The van der Waals surface area contributed by atoms with Gasteiger partial charge < -0.3 is 15.5 Å². The molecule has 0 saturated heterocycles. The molecule has 0 saturated carbocycles. The first-order valence-electron chi connectivity index (χ1n) is 7.39. The molecular weight excluding hydrogens is 298 g/mol. The number of anilines is 1. The first kappa shape index (κ1) is 18.3. The summed E-state index contributed by atoms with van der Waals surface area (Å²) < 4.78 is 0. The Morgan fingerprint density at radius 2 is 2.00 bits per heavy atom. The average Bonchev–Trinajstić information content (AvgIpc) is 2.38. The highest BCUT2D eigenvalue weighted by Crippen LogP contribution is 2.31. The van der Waals surface area contributed by atoms with Crippen molar-refractivity contribution < 1.29 is 0 Å². The van der Waals surface area contributed by atoms with Gasteiger partial charge in [0.1, 0.15) is 4.99 Å². The molecule has 2 N–H and O–H groups in total. The molecular formula is C16H27N3S2. The van der Waals surface area contributed by atoms with Gasteiger partial charge in [0.2, 0.25) is 0 Å². The number of hydrogen-bond donors (Lipinski definition) is 1. The highest BCUT2D eigenvalue weighted by molar-refractivity contribution is 7.99. The van der Waals surface area contributed by atoms with Crippen LogP contribution in [0.4, 0.5) is 5.69 Å². The van der Waals surface area contributed by atoms with E-state index in [0.29, 0.717) is 11.0 Å². The molecule has 0 spiro atoms. The van der Waals surface area contributed by atoms with E-state index in [1.165, 1.54) is 4.90 Å². The summed E-state index contributed by atoms with van der Waals surface area (Å²) in [6.07, 6.45) is 0. The van der Waals surface area contributed by atoms with E-state index in [0.717, 1.165) is 30.1 Å². The van der Waals surface area contributed by atoms with Crippen molar-refractivity contribution >= 4 is 34.7 Å². The van der Waals surface area contributed by atoms with Gasteiger partial charge in [-0.3, -0.25) is 0 Å². The Morgan fingerprint density at radius 1 is 1.33 bits per heavy atom. The van der Waals surface area contributed by atoms with Crippen molar-refractivity contribution in [2.45, 2.75) is 31.7 Å². The Bertz CT molecular complexity index is 475. The minimum atomic E-state index is 0.403. The van der Waals surface area contributed by atoms with Crippen LogP contribution < -0.4 is 10.6 Å². The van der Waals surface area contributed by atoms with E-state index in [2.05, 4.69) is 62.9 Å². The van der Waals surface area contributed by atoms with Crippen LogP contribution in [0, 0.1) is 0 Å². The van der Waals surface area contributed by atoms with Gasteiger partial charge in [-0.05, 0) is 45.8 Å². The molecule has 1 unspecified atom stereocenters. The number of hydrogen-bond acceptors (Lipinski definition) is 4. The van der Waals surface area contributed by atoms with Gasteiger partial charge in [-0.15, -0.1) is 11.8 Å². The lowest BCUT2D eigenvalue weighted by molar-refractivity contribution is 0.373. The lowest BCUT2D eigenvalue weighted by atomic mass is 10.1. The van der Waals surface area contributed by atoms with Gasteiger partial charge in [0.25, 0.3) is 0 Å². The molecule has 0 aliphatic heterocycles. The van der Waals surface area contributed by atoms with Gasteiger partial charge in [-0.25, -0.2) is 0 Å². The zero-order valence-corrected chi connectivity index (χ0v) is 15.4. The molecule has 1 rings (SSSR count). The number of nitrogens with two attached hydrogens (primary N) is 1. The molecule has 0 heterocycles. The number of thioether (sulfide) groups is 1. The van der Waals surface area contributed by atoms with Crippen LogP contribution in [0.15, 0.2) is 23.1 Å². The Morgan fingerprint density at radius 3 is 2.48 bits per heavy atom. The van der Waals surface area contributed by atoms with Crippen LogP contribution in [0.2, 0.25) is 0 Å². The molecule has 3 nitrogen and oxygen atoms in total. The fourth-order valence-corrected chi connectivity index (χ4v) is 3.75. The first-order chi connectivity index (χ1) is 9.92. The van der Waals surface area contributed by atoms with E-state index in [-0.39, 0.29) is 0 Å². The fraction of sp³-hybridized carbons (Fsp3) is 0.562. The van der Waals surface area contributed by atoms with Crippen molar-refractivity contribution in [1.82, 2.24) is 4.90 Å². The van der Waals surface area contributed by atoms with Crippen LogP contribution in [0.3, 0.4) is 0 Å². The molecule has 0 aliphatic carbocycles. The van der Waals surface area contributed by atoms with E-state index < -0.39 is 0 Å². The third kappa shape index (κ3) is 4.87. The number of likely N-dealkylation sites (N-methyl/N-ethyl adjacent to an activating group) is 2. The van der Waals surface area contributed by atoms with Gasteiger partial charge in [-0.2, -0.15) is 0 Å². The maximum atomic E-state index is 6.02. The Hall–Kier alpha value is -0.780. The van der Waals surface area contributed by atoms with Crippen molar-refractivity contribution in [1.29, 1.82) is 0 Å². The zero-order valence-electron chi connectivity index (χ0n) is 13.7. The highest BCUT2D eigenvalue weighted by atomic mass is 32.2. The van der Waals surface area contributed by atoms with Gasteiger partial charge in [0.15, 0.2) is 0 Å². The van der Waals surface area contributed by atoms with E-state index in [1.54, 1.807) is 11.8 Å². The third-order valence-corrected chi connectivity index (χ3v) is 4.51. The SMILES string of the molecule is CCSc1cccc(N(CC)C(C)CN(C)C)c1C(N)=S. The molecule has 118 valence electrons. The number of benzene rings is 1. The summed E-state index contributed by atoms with van der Waals surface area (Å²) >= 11 is 7.11. The summed E-state index contributed by atoms with van der Waals surface area (Å²) in [6, 6.07) is 6.74. The monoisotopic (exact) mass is 325 g/mol. The lowest BCUT2D eigenvalue weighted by Gasteiger charge is -2.34. The number of rotatable bonds is 8. The highest BCUT2D eigenvalue weighted by Gasteiger charge is 2.20. The average molecular weight is 326 g/mol. The predicted molar refractivity (Wildman–Crippen MR) is 99.8 cm³/mol. The topological polar surface area (TPSA) is 32.5 Å². The summed E-state index contributed by atoms with van der Waals surface area (Å²) in [5, 5.41) is 0. The van der Waals surface area contributed by atoms with Gasteiger partial charge in [0, 0.05) is 35.3 Å². The van der Waals surface area contributed by atoms with E-state index >= 15 is 0 Å². The van der Waals surface area contributed by atoms with E-state index in [9.17, 15) is 0 Å². The quantitative estimate of drug-likeness (QED) is 0.586. The lowest BCUT2D eigenvalue weighted by Crippen LogP contribution is -2.41. The fourth-order valence-electron chi connectivity index (χ4n) is 2.63. The predicted octanol–water partition coefficient (Wildman–Crippen LogP) is 3.21. The van der Waals surface area contributed by atoms with Crippen LogP contribution in [-0.2, 0) is 0 Å². The molecule has 0 fully saturated rings. The molecule has 0 aromatic heterocycles. The molecule has 1 aromatic rings. The second-order valence-electron chi connectivity index (χ2n) is 5.34. The Labute approximate surface area is 138 Å². The van der Waals surface area contributed by atoms with Crippen molar-refractivity contribution in [2.75, 3.05) is 37.8 Å². The van der Waals surface area contributed by atoms with Crippen LogP contribution in [-0.4, -0.2) is 48.9 Å². The van der Waals surface area contributed by atoms with Gasteiger partial charge in [0.05, 0.1) is 0 Å². The second-order valence-corrected chi connectivity index (χ2v) is 7.09. The van der Waals surface area contributed by atoms with Crippen LogP contribution in [0.1, 0.15) is 26.3 Å². The van der Waals surface area contributed by atoms with Crippen LogP contribution in [0.25, 0.3) is 0 Å². The largest absolute Gasteiger partial charge is 0.389 e. The van der Waals surface area contributed by atoms with Crippen LogP contribution >= 0.6 is 24.0 Å². The zero-order chi connectivity index (χ0) is 16.0. The first-order valence-corrected chi connectivity index (χ1v) is 8.78. The minimum absolute atomic E-state index is 0.403. The summed E-state index contributed by atoms with van der Waals surface area (Å²) in [4.78, 5) is 6.25. The normalized spacial score (nSPS) is 12.5. The molecule has 0 radical (unpaired) electrons. The molecule has 1 aromatic carbocycles. The molecule has 0 bridgehead atoms. The smallest absolute Gasteiger partial charge is 0.107 e. The minimum Gasteiger partial charge on any atom is -0.389 e. The molecule has 5 heteroatoms. The number of thiocarbonyl (C=S) groups is 1. The molecule has 0 aliphatic rings. The third-order valence-electron chi connectivity index (χ3n) is 3.36. The maximum absolute atomic E-state index is 6.02. The molecule has 1 atom stereocenters. The second kappa shape index (κ2) is 8.61.